The summed E-state index contributed by atoms with van der Waals surface area (Å²) in [4.78, 5) is 7.47. The maximum absolute atomic E-state index is 8.66. The first-order chi connectivity index (χ1) is 5.74. The molecule has 0 atom stereocenters. The van der Waals surface area contributed by atoms with Crippen molar-refractivity contribution in [2.75, 3.05) is 0 Å². The fourth-order valence-electron chi connectivity index (χ4n) is 0.660. The summed E-state index contributed by atoms with van der Waals surface area (Å²) < 4.78 is 0. The van der Waals surface area contributed by atoms with Crippen molar-refractivity contribution < 1.29 is 10.0 Å². The first kappa shape index (κ1) is 8.65. The number of nitriles is 1. The molecule has 0 spiro atoms. The van der Waals surface area contributed by atoms with Gasteiger partial charge in [-0.15, -0.1) is 0 Å². The topological polar surface area (TPSA) is 90.0 Å². The van der Waals surface area contributed by atoms with Crippen molar-refractivity contribution in [3.63, 3.8) is 0 Å². The second-order valence-corrected chi connectivity index (χ2v) is 2.14. The van der Waals surface area contributed by atoms with Crippen LogP contribution in [0.3, 0.4) is 0 Å². The van der Waals surface area contributed by atoms with E-state index in [0.717, 1.165) is 0 Å². The van der Waals surface area contributed by atoms with Gasteiger partial charge >= 0.3 is 7.12 Å². The first-order valence-electron chi connectivity index (χ1n) is 3.28. The number of hydrogen-bond acceptors (Lipinski definition) is 5. The number of rotatable bonds is 2. The second kappa shape index (κ2) is 3.81. The van der Waals surface area contributed by atoms with Crippen LogP contribution in [0.15, 0.2) is 12.4 Å². The number of aromatic nitrogens is 2. The summed E-state index contributed by atoms with van der Waals surface area (Å²) in [6, 6.07) is 1.88. The molecule has 0 amide bonds. The lowest BCUT2D eigenvalue weighted by Crippen LogP contribution is -2.30. The van der Waals surface area contributed by atoms with E-state index in [2.05, 4.69) is 9.97 Å². The van der Waals surface area contributed by atoms with Gasteiger partial charge in [0.05, 0.1) is 12.5 Å². The minimum absolute atomic E-state index is 0.127. The van der Waals surface area contributed by atoms with E-state index < -0.39 is 7.12 Å². The van der Waals surface area contributed by atoms with Gasteiger partial charge in [-0.05, 0) is 0 Å². The summed E-state index contributed by atoms with van der Waals surface area (Å²) in [5.41, 5.74) is 0.219. The summed E-state index contributed by atoms with van der Waals surface area (Å²) in [6.45, 7) is 0. The van der Waals surface area contributed by atoms with Gasteiger partial charge in [0.25, 0.3) is 0 Å². The van der Waals surface area contributed by atoms with Gasteiger partial charge < -0.3 is 10.0 Å². The highest BCUT2D eigenvalue weighted by molar-refractivity contribution is 6.58. The van der Waals surface area contributed by atoms with Crippen LogP contribution in [0.4, 0.5) is 0 Å². The van der Waals surface area contributed by atoms with Gasteiger partial charge in [0.2, 0.25) is 0 Å². The lowest BCUT2D eigenvalue weighted by atomic mass is 9.83. The molecule has 12 heavy (non-hydrogen) atoms. The summed E-state index contributed by atoms with van der Waals surface area (Å²) in [6.07, 6.45) is 2.69. The summed E-state index contributed by atoms with van der Waals surface area (Å²) in [7, 11) is -1.55. The monoisotopic (exact) mass is 163 g/mol. The Balaban J connectivity index is 2.80. The van der Waals surface area contributed by atoms with Crippen molar-refractivity contribution in [2.24, 2.45) is 0 Å². The van der Waals surface area contributed by atoms with Gasteiger partial charge in [0, 0.05) is 17.9 Å². The van der Waals surface area contributed by atoms with Crippen molar-refractivity contribution in [3.05, 3.63) is 18.2 Å². The second-order valence-electron chi connectivity index (χ2n) is 2.14. The Labute approximate surface area is 69.5 Å². The highest BCUT2D eigenvalue weighted by Gasteiger charge is 2.11. The van der Waals surface area contributed by atoms with Crippen molar-refractivity contribution in [3.8, 4) is 6.07 Å². The molecule has 0 unspecified atom stereocenters. The van der Waals surface area contributed by atoms with Crippen LogP contribution in [0, 0.1) is 11.3 Å². The fourth-order valence-corrected chi connectivity index (χ4v) is 0.660. The van der Waals surface area contributed by atoms with Crippen molar-refractivity contribution >= 4 is 12.6 Å². The summed E-state index contributed by atoms with van der Waals surface area (Å²) >= 11 is 0. The largest absolute Gasteiger partial charge is 0.491 e. The van der Waals surface area contributed by atoms with E-state index >= 15 is 0 Å². The van der Waals surface area contributed by atoms with Crippen LogP contribution in [0.1, 0.15) is 5.82 Å². The van der Waals surface area contributed by atoms with Gasteiger partial charge in [-0.25, -0.2) is 9.97 Å². The molecule has 0 saturated heterocycles. The Morgan fingerprint density at radius 1 is 1.42 bits per heavy atom. The standard InChI is InChI=1S/C6H6BN3O2/c8-2-1-6-9-3-5(4-10-6)7(11)12/h3-4,11-12H,1H2. The maximum Gasteiger partial charge on any atom is 0.491 e. The maximum atomic E-state index is 8.66. The number of hydrogen-bond donors (Lipinski definition) is 2. The average Bonchev–Trinajstić information content (AvgIpc) is 2.06. The molecule has 0 aromatic carbocycles. The molecule has 0 saturated carbocycles. The SMILES string of the molecule is N#CCc1ncc(B(O)O)cn1. The van der Waals surface area contributed by atoms with Crippen LogP contribution in [-0.2, 0) is 6.42 Å². The lowest BCUT2D eigenvalue weighted by molar-refractivity contribution is 0.425. The lowest BCUT2D eigenvalue weighted by Gasteiger charge is -1.97. The zero-order chi connectivity index (χ0) is 8.97. The van der Waals surface area contributed by atoms with E-state index in [-0.39, 0.29) is 11.9 Å². The Bertz CT molecular complexity index is 293. The van der Waals surface area contributed by atoms with Gasteiger partial charge in [-0.1, -0.05) is 0 Å². The van der Waals surface area contributed by atoms with E-state index in [1.54, 1.807) is 0 Å². The Morgan fingerprint density at radius 2 is 2.00 bits per heavy atom. The first-order valence-corrected chi connectivity index (χ1v) is 3.28. The molecule has 1 rings (SSSR count). The highest BCUT2D eigenvalue weighted by atomic mass is 16.4. The fraction of sp³-hybridized carbons (Fsp3) is 0.167. The molecule has 1 aromatic heterocycles. The van der Waals surface area contributed by atoms with E-state index in [4.69, 9.17) is 15.3 Å². The zero-order valence-corrected chi connectivity index (χ0v) is 6.18. The van der Waals surface area contributed by atoms with Crippen molar-refractivity contribution in [2.45, 2.75) is 6.42 Å². The molecule has 60 valence electrons. The third-order valence-electron chi connectivity index (χ3n) is 1.26. The predicted molar refractivity (Wildman–Crippen MR) is 41.2 cm³/mol. The van der Waals surface area contributed by atoms with Crippen LogP contribution in [-0.4, -0.2) is 27.1 Å². The third kappa shape index (κ3) is 2.02. The van der Waals surface area contributed by atoms with Crippen molar-refractivity contribution in [1.82, 2.24) is 9.97 Å². The summed E-state index contributed by atoms with van der Waals surface area (Å²) in [5.74, 6) is 0.377. The highest BCUT2D eigenvalue weighted by Crippen LogP contribution is 1.86. The van der Waals surface area contributed by atoms with E-state index in [9.17, 15) is 0 Å². The molecule has 0 radical (unpaired) electrons. The molecule has 0 aliphatic carbocycles. The van der Waals surface area contributed by atoms with E-state index in [1.165, 1.54) is 12.4 Å². The molecular formula is C6H6BN3O2. The van der Waals surface area contributed by atoms with Gasteiger partial charge in [-0.2, -0.15) is 5.26 Å². The molecule has 6 heteroatoms. The smallest absolute Gasteiger partial charge is 0.423 e. The molecular weight excluding hydrogens is 157 g/mol. The molecule has 2 N–H and O–H groups in total. The Hall–Kier alpha value is -1.45. The van der Waals surface area contributed by atoms with Crippen LogP contribution in [0.5, 0.6) is 0 Å². The van der Waals surface area contributed by atoms with Crippen molar-refractivity contribution in [1.29, 1.82) is 5.26 Å². The molecule has 0 bridgehead atoms. The molecule has 5 nitrogen and oxygen atoms in total. The van der Waals surface area contributed by atoms with Gasteiger partial charge in [0.1, 0.15) is 5.82 Å². The average molecular weight is 163 g/mol. The van der Waals surface area contributed by atoms with Crippen LogP contribution in [0.2, 0.25) is 0 Å². The quantitative estimate of drug-likeness (QED) is 0.503. The normalized spacial score (nSPS) is 9.08. The van der Waals surface area contributed by atoms with Crippen LogP contribution < -0.4 is 5.46 Å². The Morgan fingerprint density at radius 3 is 2.42 bits per heavy atom. The van der Waals surface area contributed by atoms with Crippen LogP contribution >= 0.6 is 0 Å². The Kier molecular flexibility index (Phi) is 2.74. The minimum atomic E-state index is -1.55. The van der Waals surface area contributed by atoms with Gasteiger partial charge in [0.15, 0.2) is 0 Å². The summed E-state index contributed by atoms with van der Waals surface area (Å²) in [5, 5.41) is 25.6. The minimum Gasteiger partial charge on any atom is -0.423 e. The zero-order valence-electron chi connectivity index (χ0n) is 6.18. The molecule has 0 aliphatic heterocycles. The molecule has 0 aliphatic rings. The number of nitrogens with zero attached hydrogens (tertiary/aromatic N) is 3. The molecule has 1 aromatic rings. The van der Waals surface area contributed by atoms with E-state index in [0.29, 0.717) is 5.82 Å². The third-order valence-corrected chi connectivity index (χ3v) is 1.26. The molecule has 0 fully saturated rings. The van der Waals surface area contributed by atoms with Gasteiger partial charge in [-0.3, -0.25) is 0 Å². The van der Waals surface area contributed by atoms with Crippen LogP contribution in [0.25, 0.3) is 0 Å². The molecule has 1 heterocycles. The predicted octanol–water partition coefficient (Wildman–Crippen LogP) is -1.78. The van der Waals surface area contributed by atoms with E-state index in [1.807, 2.05) is 6.07 Å².